The van der Waals surface area contributed by atoms with Crippen LogP contribution in [-0.4, -0.2) is 60.4 Å². The summed E-state index contributed by atoms with van der Waals surface area (Å²) in [6.07, 6.45) is 1.08. The molecule has 128 valence electrons. The molecular formula is C19H30N2OS. The first-order chi connectivity index (χ1) is 10.8. The average Bonchev–Trinajstić information content (AvgIpc) is 2.70. The Morgan fingerprint density at radius 1 is 1.26 bits per heavy atom. The van der Waals surface area contributed by atoms with Crippen molar-refractivity contribution in [2.45, 2.75) is 38.6 Å². The fourth-order valence-electron chi connectivity index (χ4n) is 2.95. The second-order valence-electron chi connectivity index (χ2n) is 7.67. The van der Waals surface area contributed by atoms with E-state index in [0.717, 1.165) is 36.6 Å². The van der Waals surface area contributed by atoms with Gasteiger partial charge < -0.3 is 9.80 Å². The molecule has 1 aromatic rings. The molecule has 1 aliphatic heterocycles. The van der Waals surface area contributed by atoms with Gasteiger partial charge in [0.05, 0.1) is 6.04 Å². The zero-order valence-corrected chi connectivity index (χ0v) is 15.9. The van der Waals surface area contributed by atoms with Crippen LogP contribution in [0.2, 0.25) is 0 Å². The number of carbonyl (C=O) groups excluding carboxylic acids is 1. The number of thioether (sulfide) groups is 1. The number of likely N-dealkylation sites (N-methyl/N-ethyl adjacent to an activating group) is 1. The van der Waals surface area contributed by atoms with E-state index < -0.39 is 0 Å². The highest BCUT2D eigenvalue weighted by atomic mass is 32.2. The second kappa shape index (κ2) is 7.71. The third kappa shape index (κ3) is 4.98. The zero-order valence-electron chi connectivity index (χ0n) is 15.1. The smallest absolute Gasteiger partial charge is 0.254 e. The molecule has 0 radical (unpaired) electrons. The Balaban J connectivity index is 2.18. The summed E-state index contributed by atoms with van der Waals surface area (Å²) in [4.78, 5) is 17.3. The molecule has 1 aliphatic rings. The first-order valence-corrected chi connectivity index (χ1v) is 9.58. The summed E-state index contributed by atoms with van der Waals surface area (Å²) in [6.45, 7) is 8.39. The van der Waals surface area contributed by atoms with Crippen LogP contribution in [0.4, 0.5) is 0 Å². The molecule has 23 heavy (non-hydrogen) atoms. The van der Waals surface area contributed by atoms with Gasteiger partial charge in [0.2, 0.25) is 0 Å². The van der Waals surface area contributed by atoms with Gasteiger partial charge in [-0.05, 0) is 49.4 Å². The van der Waals surface area contributed by atoms with Crippen molar-refractivity contribution in [3.8, 4) is 0 Å². The van der Waals surface area contributed by atoms with Gasteiger partial charge in [-0.3, -0.25) is 4.79 Å². The van der Waals surface area contributed by atoms with E-state index in [1.165, 1.54) is 5.56 Å². The summed E-state index contributed by atoms with van der Waals surface area (Å²) in [5.74, 6) is 2.36. The Hall–Kier alpha value is -1.00. The van der Waals surface area contributed by atoms with Crippen LogP contribution < -0.4 is 0 Å². The summed E-state index contributed by atoms with van der Waals surface area (Å²) in [7, 11) is 4.16. The molecule has 0 bridgehead atoms. The minimum atomic E-state index is 0.119. The molecule has 1 aromatic carbocycles. The van der Waals surface area contributed by atoms with Gasteiger partial charge in [0.1, 0.15) is 0 Å². The average molecular weight is 335 g/mol. The van der Waals surface area contributed by atoms with Gasteiger partial charge in [-0.25, -0.2) is 0 Å². The predicted octanol–water partition coefficient (Wildman–Crippen LogP) is 3.49. The summed E-state index contributed by atoms with van der Waals surface area (Å²) in [5, 5.41) is 0. The third-order valence-electron chi connectivity index (χ3n) is 4.27. The molecule has 1 heterocycles. The highest BCUT2D eigenvalue weighted by Gasteiger charge is 2.27. The summed E-state index contributed by atoms with van der Waals surface area (Å²) >= 11 is 1.97. The van der Waals surface area contributed by atoms with Crippen molar-refractivity contribution >= 4 is 17.7 Å². The van der Waals surface area contributed by atoms with Crippen LogP contribution in [0.5, 0.6) is 0 Å². The molecule has 0 unspecified atom stereocenters. The molecular weight excluding hydrogens is 304 g/mol. The first-order valence-electron chi connectivity index (χ1n) is 8.43. The van der Waals surface area contributed by atoms with Crippen molar-refractivity contribution in [1.82, 2.24) is 9.80 Å². The Bertz CT molecular complexity index is 519. The molecule has 1 saturated heterocycles. The summed E-state index contributed by atoms with van der Waals surface area (Å²) in [5.41, 5.74) is 2.20. The molecule has 0 saturated carbocycles. The SMILES string of the molecule is CN(C)C[C@@H]1CSCCCN1C(=O)c1ccc(C(C)(C)C)cc1. The van der Waals surface area contributed by atoms with Gasteiger partial charge in [-0.15, -0.1) is 0 Å². The summed E-state index contributed by atoms with van der Waals surface area (Å²) < 4.78 is 0. The van der Waals surface area contributed by atoms with Crippen molar-refractivity contribution in [1.29, 1.82) is 0 Å². The van der Waals surface area contributed by atoms with Crippen molar-refractivity contribution in [3.05, 3.63) is 35.4 Å². The Labute approximate surface area is 145 Å². The lowest BCUT2D eigenvalue weighted by molar-refractivity contribution is 0.0675. The van der Waals surface area contributed by atoms with E-state index in [9.17, 15) is 4.79 Å². The quantitative estimate of drug-likeness (QED) is 0.845. The monoisotopic (exact) mass is 334 g/mol. The lowest BCUT2D eigenvalue weighted by Crippen LogP contribution is -2.46. The number of carbonyl (C=O) groups is 1. The second-order valence-corrected chi connectivity index (χ2v) is 8.82. The van der Waals surface area contributed by atoms with Crippen LogP contribution in [0.15, 0.2) is 24.3 Å². The van der Waals surface area contributed by atoms with Crippen LogP contribution in [0.3, 0.4) is 0 Å². The van der Waals surface area contributed by atoms with E-state index in [2.05, 4.69) is 56.8 Å². The maximum atomic E-state index is 13.0. The number of rotatable bonds is 3. The van der Waals surface area contributed by atoms with E-state index in [1.54, 1.807) is 0 Å². The standard InChI is InChI=1S/C19H30N2OS/c1-19(2,3)16-9-7-15(8-10-16)18(22)21-11-6-12-23-14-17(21)13-20(4)5/h7-10,17H,6,11-14H2,1-5H3/t17-/m1/s1. The van der Waals surface area contributed by atoms with Crippen molar-refractivity contribution in [2.24, 2.45) is 0 Å². The van der Waals surface area contributed by atoms with E-state index in [4.69, 9.17) is 0 Å². The Morgan fingerprint density at radius 3 is 2.48 bits per heavy atom. The minimum absolute atomic E-state index is 0.119. The van der Waals surface area contributed by atoms with Crippen LogP contribution in [-0.2, 0) is 5.41 Å². The topological polar surface area (TPSA) is 23.6 Å². The molecule has 4 heteroatoms. The molecule has 1 fully saturated rings. The van der Waals surface area contributed by atoms with Crippen molar-refractivity contribution < 1.29 is 4.79 Å². The van der Waals surface area contributed by atoms with E-state index >= 15 is 0 Å². The molecule has 0 aromatic heterocycles. The fourth-order valence-corrected chi connectivity index (χ4v) is 4.00. The van der Waals surface area contributed by atoms with Gasteiger partial charge in [0.25, 0.3) is 5.91 Å². The van der Waals surface area contributed by atoms with E-state index in [1.807, 2.05) is 23.9 Å². The number of benzene rings is 1. The molecule has 1 atom stereocenters. The fraction of sp³-hybridized carbons (Fsp3) is 0.632. The predicted molar refractivity (Wildman–Crippen MR) is 100 cm³/mol. The number of nitrogens with zero attached hydrogens (tertiary/aromatic N) is 2. The maximum Gasteiger partial charge on any atom is 0.254 e. The van der Waals surface area contributed by atoms with E-state index in [0.29, 0.717) is 6.04 Å². The van der Waals surface area contributed by atoms with E-state index in [-0.39, 0.29) is 11.3 Å². The van der Waals surface area contributed by atoms with Gasteiger partial charge in [0, 0.05) is 24.4 Å². The van der Waals surface area contributed by atoms with Crippen LogP contribution in [0.25, 0.3) is 0 Å². The van der Waals surface area contributed by atoms with Gasteiger partial charge in [0.15, 0.2) is 0 Å². The minimum Gasteiger partial charge on any atom is -0.334 e. The molecule has 1 amide bonds. The van der Waals surface area contributed by atoms with Gasteiger partial charge in [-0.2, -0.15) is 11.8 Å². The number of amides is 1. The zero-order chi connectivity index (χ0) is 17.0. The normalized spacial score (nSPS) is 19.7. The van der Waals surface area contributed by atoms with Crippen LogP contribution >= 0.6 is 11.8 Å². The lowest BCUT2D eigenvalue weighted by Gasteiger charge is -2.32. The molecule has 0 spiro atoms. The maximum absolute atomic E-state index is 13.0. The van der Waals surface area contributed by atoms with Crippen LogP contribution in [0, 0.1) is 0 Å². The van der Waals surface area contributed by atoms with Gasteiger partial charge >= 0.3 is 0 Å². The highest BCUT2D eigenvalue weighted by molar-refractivity contribution is 7.99. The van der Waals surface area contributed by atoms with Crippen LogP contribution in [0.1, 0.15) is 43.1 Å². The number of hydrogen-bond donors (Lipinski definition) is 0. The Morgan fingerprint density at radius 2 is 1.91 bits per heavy atom. The highest BCUT2D eigenvalue weighted by Crippen LogP contribution is 2.24. The summed E-state index contributed by atoms with van der Waals surface area (Å²) in [6, 6.07) is 8.48. The van der Waals surface area contributed by atoms with Crippen molar-refractivity contribution in [3.63, 3.8) is 0 Å². The molecule has 3 nitrogen and oxygen atoms in total. The molecule has 0 N–H and O–H groups in total. The number of hydrogen-bond acceptors (Lipinski definition) is 3. The Kier molecular flexibility index (Phi) is 6.15. The lowest BCUT2D eigenvalue weighted by atomic mass is 9.86. The molecule has 0 aliphatic carbocycles. The van der Waals surface area contributed by atoms with Gasteiger partial charge in [-0.1, -0.05) is 32.9 Å². The first kappa shape index (κ1) is 18.3. The molecule has 2 rings (SSSR count). The van der Waals surface area contributed by atoms with Crippen molar-refractivity contribution in [2.75, 3.05) is 38.7 Å². The third-order valence-corrected chi connectivity index (χ3v) is 5.47. The largest absolute Gasteiger partial charge is 0.334 e.